The molecule has 0 saturated heterocycles. The van der Waals surface area contributed by atoms with E-state index in [2.05, 4.69) is 36.4 Å². The molecule has 0 saturated carbocycles. The largest absolute Gasteiger partial charge is 0.253 e. The molecule has 0 spiro atoms. The van der Waals surface area contributed by atoms with Crippen LogP contribution in [0.4, 0.5) is 0 Å². The summed E-state index contributed by atoms with van der Waals surface area (Å²) in [6.45, 7) is 13.7. The van der Waals surface area contributed by atoms with Crippen molar-refractivity contribution in [1.82, 2.24) is 0 Å². The standard InChI is InChI=1S/C16H21N/c1-6-14-8-10-15(11-9-14)13(5)17-16(7-2)12(3)4/h6-8,10-11,14H,1,3,9H2,2,4-5H3/b16-7-,17-13+. The third kappa shape index (κ3) is 3.70. The molecule has 0 aromatic carbocycles. The molecule has 1 aliphatic carbocycles. The monoisotopic (exact) mass is 227 g/mol. The van der Waals surface area contributed by atoms with Crippen LogP contribution >= 0.6 is 0 Å². The summed E-state index contributed by atoms with van der Waals surface area (Å²) in [4.78, 5) is 4.60. The molecule has 0 aromatic heterocycles. The molecule has 0 N–H and O–H groups in total. The fourth-order valence-corrected chi connectivity index (χ4v) is 1.73. The fourth-order valence-electron chi connectivity index (χ4n) is 1.73. The Morgan fingerprint density at radius 1 is 1.47 bits per heavy atom. The maximum Gasteiger partial charge on any atom is 0.0613 e. The maximum absolute atomic E-state index is 4.60. The Bertz CT molecular complexity index is 430. The molecule has 0 aliphatic heterocycles. The first-order valence-electron chi connectivity index (χ1n) is 5.97. The highest BCUT2D eigenvalue weighted by molar-refractivity contribution is 6.01. The summed E-state index contributed by atoms with van der Waals surface area (Å²) in [5.41, 5.74) is 4.20. The van der Waals surface area contributed by atoms with Crippen LogP contribution in [0, 0.1) is 5.92 Å². The van der Waals surface area contributed by atoms with Gasteiger partial charge in [0.25, 0.3) is 0 Å². The maximum atomic E-state index is 4.60. The van der Waals surface area contributed by atoms with Crippen LogP contribution in [0.2, 0.25) is 0 Å². The third-order valence-electron chi connectivity index (χ3n) is 2.85. The third-order valence-corrected chi connectivity index (χ3v) is 2.85. The molecule has 0 amide bonds. The van der Waals surface area contributed by atoms with Crippen molar-refractivity contribution in [1.29, 1.82) is 0 Å². The van der Waals surface area contributed by atoms with Crippen molar-refractivity contribution in [2.45, 2.75) is 27.2 Å². The van der Waals surface area contributed by atoms with Crippen LogP contribution in [0.15, 0.2) is 65.4 Å². The van der Waals surface area contributed by atoms with Gasteiger partial charge in [0.2, 0.25) is 0 Å². The summed E-state index contributed by atoms with van der Waals surface area (Å²) in [5.74, 6) is 0.467. The summed E-state index contributed by atoms with van der Waals surface area (Å²) in [6, 6.07) is 0. The van der Waals surface area contributed by atoms with E-state index >= 15 is 0 Å². The van der Waals surface area contributed by atoms with Gasteiger partial charge in [0.1, 0.15) is 0 Å². The van der Waals surface area contributed by atoms with Gasteiger partial charge < -0.3 is 0 Å². The van der Waals surface area contributed by atoms with E-state index in [0.29, 0.717) is 5.92 Å². The molecule has 0 fully saturated rings. The molecule has 1 unspecified atom stereocenters. The van der Waals surface area contributed by atoms with E-state index in [1.165, 1.54) is 5.57 Å². The minimum absolute atomic E-state index is 0.467. The molecular weight excluding hydrogens is 206 g/mol. The average Bonchev–Trinajstić information content (AvgIpc) is 2.35. The van der Waals surface area contributed by atoms with Crippen molar-refractivity contribution in [3.05, 3.63) is 60.4 Å². The van der Waals surface area contributed by atoms with E-state index in [0.717, 1.165) is 23.4 Å². The van der Waals surface area contributed by atoms with Crippen LogP contribution in [0.3, 0.4) is 0 Å². The zero-order chi connectivity index (χ0) is 12.8. The number of nitrogens with zero attached hydrogens (tertiary/aromatic N) is 1. The molecule has 1 aliphatic rings. The molecule has 0 radical (unpaired) electrons. The first-order valence-corrected chi connectivity index (χ1v) is 5.97. The quantitative estimate of drug-likeness (QED) is 0.377. The van der Waals surface area contributed by atoms with Crippen LogP contribution in [-0.4, -0.2) is 5.71 Å². The molecule has 1 rings (SSSR count). The second-order valence-electron chi connectivity index (χ2n) is 4.31. The van der Waals surface area contributed by atoms with Crippen molar-refractivity contribution < 1.29 is 0 Å². The lowest BCUT2D eigenvalue weighted by molar-refractivity contribution is 0.821. The van der Waals surface area contributed by atoms with Gasteiger partial charge in [0.15, 0.2) is 0 Å². The summed E-state index contributed by atoms with van der Waals surface area (Å²) >= 11 is 0. The second kappa shape index (κ2) is 6.19. The Morgan fingerprint density at radius 3 is 2.59 bits per heavy atom. The van der Waals surface area contributed by atoms with Gasteiger partial charge in [0, 0.05) is 5.71 Å². The zero-order valence-electron chi connectivity index (χ0n) is 11.0. The first kappa shape index (κ1) is 13.4. The van der Waals surface area contributed by atoms with Gasteiger partial charge in [0.05, 0.1) is 5.70 Å². The van der Waals surface area contributed by atoms with Crippen molar-refractivity contribution in [2.24, 2.45) is 10.9 Å². The van der Waals surface area contributed by atoms with Gasteiger partial charge in [-0.3, -0.25) is 4.99 Å². The van der Waals surface area contributed by atoms with Crippen LogP contribution in [0.1, 0.15) is 27.2 Å². The lowest BCUT2D eigenvalue weighted by Gasteiger charge is -2.12. The number of allylic oxidation sites excluding steroid dienone is 7. The summed E-state index contributed by atoms with van der Waals surface area (Å²) in [7, 11) is 0. The number of aliphatic imine (C=N–C) groups is 1. The smallest absolute Gasteiger partial charge is 0.0613 e. The Hall–Kier alpha value is -1.63. The normalized spacial score (nSPS) is 21.1. The van der Waals surface area contributed by atoms with Gasteiger partial charge in [-0.25, -0.2) is 0 Å². The molecule has 0 heterocycles. The predicted molar refractivity (Wildman–Crippen MR) is 77.2 cm³/mol. The van der Waals surface area contributed by atoms with Gasteiger partial charge >= 0.3 is 0 Å². The van der Waals surface area contributed by atoms with Gasteiger partial charge in [-0.2, -0.15) is 0 Å². The van der Waals surface area contributed by atoms with Crippen molar-refractivity contribution >= 4 is 5.71 Å². The Balaban J connectivity index is 2.85. The first-order chi connectivity index (χ1) is 8.08. The minimum Gasteiger partial charge on any atom is -0.253 e. The molecule has 90 valence electrons. The molecule has 0 aromatic rings. The van der Waals surface area contributed by atoms with Crippen LogP contribution in [0.25, 0.3) is 0 Å². The van der Waals surface area contributed by atoms with E-state index < -0.39 is 0 Å². The highest BCUT2D eigenvalue weighted by Gasteiger charge is 2.07. The molecule has 0 bridgehead atoms. The zero-order valence-corrected chi connectivity index (χ0v) is 11.0. The molecule has 1 nitrogen and oxygen atoms in total. The minimum atomic E-state index is 0.467. The van der Waals surface area contributed by atoms with E-state index in [9.17, 15) is 0 Å². The number of hydrogen-bond acceptors (Lipinski definition) is 1. The SMILES string of the molecule is C=CC1C=CC(/C(C)=N/C(=C\C)C(=C)C)=CC1. The lowest BCUT2D eigenvalue weighted by atomic mass is 9.95. The second-order valence-corrected chi connectivity index (χ2v) is 4.31. The molecule has 1 atom stereocenters. The Kier molecular flexibility index (Phi) is 4.89. The Labute approximate surface area is 105 Å². The summed E-state index contributed by atoms with van der Waals surface area (Å²) in [5, 5.41) is 0. The van der Waals surface area contributed by atoms with Gasteiger partial charge in [-0.05, 0) is 44.3 Å². The number of hydrogen-bond donors (Lipinski definition) is 0. The number of rotatable bonds is 4. The van der Waals surface area contributed by atoms with Crippen LogP contribution in [0.5, 0.6) is 0 Å². The lowest BCUT2D eigenvalue weighted by Crippen LogP contribution is -2.03. The van der Waals surface area contributed by atoms with E-state index in [1.807, 2.05) is 32.9 Å². The molecular formula is C16H21N. The highest BCUT2D eigenvalue weighted by atomic mass is 14.8. The van der Waals surface area contributed by atoms with Crippen LogP contribution in [-0.2, 0) is 0 Å². The highest BCUT2D eigenvalue weighted by Crippen LogP contribution is 2.19. The Morgan fingerprint density at radius 2 is 2.18 bits per heavy atom. The summed E-state index contributed by atoms with van der Waals surface area (Å²) in [6.07, 6.45) is 11.5. The molecule has 17 heavy (non-hydrogen) atoms. The van der Waals surface area contributed by atoms with Crippen molar-refractivity contribution in [3.8, 4) is 0 Å². The fraction of sp³-hybridized carbons (Fsp3) is 0.312. The van der Waals surface area contributed by atoms with Gasteiger partial charge in [-0.1, -0.05) is 37.0 Å². The average molecular weight is 227 g/mol. The van der Waals surface area contributed by atoms with E-state index in [-0.39, 0.29) is 0 Å². The van der Waals surface area contributed by atoms with Gasteiger partial charge in [-0.15, -0.1) is 6.58 Å². The molecule has 1 heteroatoms. The van der Waals surface area contributed by atoms with Crippen molar-refractivity contribution in [2.75, 3.05) is 0 Å². The van der Waals surface area contributed by atoms with Crippen LogP contribution < -0.4 is 0 Å². The predicted octanol–water partition coefficient (Wildman–Crippen LogP) is 4.62. The van der Waals surface area contributed by atoms with Crippen molar-refractivity contribution in [3.63, 3.8) is 0 Å². The summed E-state index contributed by atoms with van der Waals surface area (Å²) < 4.78 is 0. The van der Waals surface area contributed by atoms with E-state index in [4.69, 9.17) is 0 Å². The van der Waals surface area contributed by atoms with E-state index in [1.54, 1.807) is 0 Å². The topological polar surface area (TPSA) is 12.4 Å².